The lowest BCUT2D eigenvalue weighted by molar-refractivity contribution is -0.118. The fraction of sp³-hybridized carbons (Fsp3) is 0.167. The zero-order chi connectivity index (χ0) is 16.0. The van der Waals surface area contributed by atoms with Crippen LogP contribution in [0.5, 0.6) is 0 Å². The van der Waals surface area contributed by atoms with Gasteiger partial charge < -0.3 is 0 Å². The minimum Gasteiger partial charge on any atom is -0.299 e. The second-order valence-electron chi connectivity index (χ2n) is 5.74. The molecule has 0 unspecified atom stereocenters. The zero-order valence-electron chi connectivity index (χ0n) is 12.4. The Balaban J connectivity index is 2.07. The number of carbonyl (C=O) groups excluding carboxylic acids is 1. The van der Waals surface area contributed by atoms with Gasteiger partial charge in [-0.2, -0.15) is 0 Å². The molecule has 1 aliphatic rings. The van der Waals surface area contributed by atoms with Crippen LogP contribution in [0.15, 0.2) is 59.5 Å². The van der Waals surface area contributed by atoms with Crippen molar-refractivity contribution in [1.82, 2.24) is 3.97 Å². The first-order chi connectivity index (χ1) is 11.1. The zero-order valence-corrected chi connectivity index (χ0v) is 13.2. The van der Waals surface area contributed by atoms with Crippen LogP contribution in [0, 0.1) is 0 Å². The number of Topliss-reactive ketones (excluding diaryl/α,β-unsaturated/α-hetero) is 1. The number of fused-ring (bicyclic) bond motifs is 3. The third kappa shape index (κ3) is 2.11. The van der Waals surface area contributed by atoms with Crippen molar-refractivity contribution in [3.8, 4) is 0 Å². The predicted molar refractivity (Wildman–Crippen MR) is 88.0 cm³/mol. The summed E-state index contributed by atoms with van der Waals surface area (Å²) in [5.41, 5.74) is 2.25. The van der Waals surface area contributed by atoms with Gasteiger partial charge in [0.2, 0.25) is 0 Å². The van der Waals surface area contributed by atoms with Crippen LogP contribution in [0.4, 0.5) is 0 Å². The van der Waals surface area contributed by atoms with E-state index in [2.05, 4.69) is 0 Å². The van der Waals surface area contributed by atoms with E-state index in [1.807, 2.05) is 18.2 Å². The minimum absolute atomic E-state index is 0.164. The molecule has 0 fully saturated rings. The molecule has 0 bridgehead atoms. The van der Waals surface area contributed by atoms with Crippen molar-refractivity contribution in [2.45, 2.75) is 24.2 Å². The van der Waals surface area contributed by atoms with Crippen molar-refractivity contribution < 1.29 is 13.2 Å². The number of nitrogens with zero attached hydrogens (tertiary/aromatic N) is 1. The van der Waals surface area contributed by atoms with Crippen molar-refractivity contribution in [2.24, 2.45) is 0 Å². The van der Waals surface area contributed by atoms with Crippen molar-refractivity contribution in [3.05, 3.63) is 65.9 Å². The van der Waals surface area contributed by atoms with Crippen LogP contribution in [0.1, 0.15) is 17.7 Å². The van der Waals surface area contributed by atoms with Gasteiger partial charge in [-0.25, -0.2) is 12.4 Å². The summed E-state index contributed by atoms with van der Waals surface area (Å²) in [7, 11) is -3.68. The number of hydrogen-bond acceptors (Lipinski definition) is 3. The van der Waals surface area contributed by atoms with Gasteiger partial charge in [-0.3, -0.25) is 4.79 Å². The Labute approximate surface area is 134 Å². The lowest BCUT2D eigenvalue weighted by Crippen LogP contribution is -2.20. The molecule has 4 nitrogen and oxygen atoms in total. The number of para-hydroxylation sites is 1. The molecule has 2 aromatic carbocycles. The van der Waals surface area contributed by atoms with Gasteiger partial charge >= 0.3 is 0 Å². The quantitative estimate of drug-likeness (QED) is 0.728. The first-order valence-corrected chi connectivity index (χ1v) is 8.96. The molecule has 0 aliphatic heterocycles. The molecule has 0 spiro atoms. The SMILES string of the molecule is O=C1CCc2c(c3ccccc3n2S(=O)(=O)c2ccccc2)C1. The normalized spacial score (nSPS) is 14.9. The number of hydrogen-bond donors (Lipinski definition) is 0. The number of benzene rings is 2. The van der Waals surface area contributed by atoms with Crippen LogP contribution < -0.4 is 0 Å². The van der Waals surface area contributed by atoms with Crippen LogP contribution in [-0.2, 0) is 27.7 Å². The number of carbonyl (C=O) groups is 1. The van der Waals surface area contributed by atoms with Gasteiger partial charge in [-0.1, -0.05) is 36.4 Å². The molecule has 0 atom stereocenters. The van der Waals surface area contributed by atoms with Gasteiger partial charge in [0.05, 0.1) is 10.4 Å². The van der Waals surface area contributed by atoms with Crippen molar-refractivity contribution in [1.29, 1.82) is 0 Å². The maximum absolute atomic E-state index is 13.1. The van der Waals surface area contributed by atoms with Crippen LogP contribution in [0.25, 0.3) is 10.9 Å². The molecular weight excluding hydrogens is 310 g/mol. The van der Waals surface area contributed by atoms with E-state index in [1.165, 1.54) is 3.97 Å². The molecule has 0 saturated carbocycles. The van der Waals surface area contributed by atoms with E-state index in [1.54, 1.807) is 36.4 Å². The highest BCUT2D eigenvalue weighted by Gasteiger charge is 2.29. The topological polar surface area (TPSA) is 56.1 Å². The van der Waals surface area contributed by atoms with Gasteiger partial charge in [-0.15, -0.1) is 0 Å². The Morgan fingerprint density at radius 1 is 0.870 bits per heavy atom. The Bertz CT molecular complexity index is 1020. The molecular formula is C18H15NO3S. The number of ketones is 1. The second kappa shape index (κ2) is 5.06. The third-order valence-corrected chi connectivity index (χ3v) is 6.10. The van der Waals surface area contributed by atoms with E-state index in [-0.39, 0.29) is 10.7 Å². The van der Waals surface area contributed by atoms with E-state index in [4.69, 9.17) is 0 Å². The first-order valence-electron chi connectivity index (χ1n) is 7.52. The average molecular weight is 325 g/mol. The predicted octanol–water partition coefficient (Wildman–Crippen LogP) is 2.94. The van der Waals surface area contributed by atoms with Gasteiger partial charge in [0.25, 0.3) is 10.0 Å². The Hall–Kier alpha value is -2.40. The molecule has 1 heterocycles. The summed E-state index contributed by atoms with van der Waals surface area (Å²) in [6, 6.07) is 15.8. The lowest BCUT2D eigenvalue weighted by atomic mass is 9.95. The number of aromatic nitrogens is 1. The van der Waals surface area contributed by atoms with E-state index < -0.39 is 10.0 Å². The summed E-state index contributed by atoms with van der Waals surface area (Å²) in [5.74, 6) is 0.164. The van der Waals surface area contributed by atoms with E-state index in [0.29, 0.717) is 24.8 Å². The highest BCUT2D eigenvalue weighted by atomic mass is 32.2. The third-order valence-electron chi connectivity index (χ3n) is 4.34. The summed E-state index contributed by atoms with van der Waals surface area (Å²) in [6.45, 7) is 0. The largest absolute Gasteiger partial charge is 0.299 e. The summed E-state index contributed by atoms with van der Waals surface area (Å²) in [4.78, 5) is 12.1. The molecule has 116 valence electrons. The van der Waals surface area contributed by atoms with Crippen molar-refractivity contribution >= 4 is 26.7 Å². The average Bonchev–Trinajstić information content (AvgIpc) is 2.90. The summed E-state index contributed by atoms with van der Waals surface area (Å²) in [5, 5.41) is 0.857. The Kier molecular flexibility index (Phi) is 3.13. The maximum Gasteiger partial charge on any atom is 0.268 e. The van der Waals surface area contributed by atoms with Gasteiger partial charge in [-0.05, 0) is 30.2 Å². The van der Waals surface area contributed by atoms with Gasteiger partial charge in [0.15, 0.2) is 0 Å². The monoisotopic (exact) mass is 325 g/mol. The van der Waals surface area contributed by atoms with Crippen LogP contribution in [0.3, 0.4) is 0 Å². The van der Waals surface area contributed by atoms with E-state index in [9.17, 15) is 13.2 Å². The fourth-order valence-corrected chi connectivity index (χ4v) is 4.92. The summed E-state index contributed by atoms with van der Waals surface area (Å²) in [6.07, 6.45) is 1.18. The molecule has 5 heteroatoms. The molecule has 0 saturated heterocycles. The maximum atomic E-state index is 13.1. The highest BCUT2D eigenvalue weighted by molar-refractivity contribution is 7.90. The molecule has 0 radical (unpaired) electrons. The standard InChI is InChI=1S/C18H15NO3S/c20-13-10-11-18-16(12-13)15-8-4-5-9-17(15)19(18)23(21,22)14-6-2-1-3-7-14/h1-9H,10-12H2. The van der Waals surface area contributed by atoms with Crippen LogP contribution in [0.2, 0.25) is 0 Å². The summed E-state index contributed by atoms with van der Waals surface area (Å²) < 4.78 is 27.7. The molecule has 0 amide bonds. The Morgan fingerprint density at radius 3 is 2.35 bits per heavy atom. The number of rotatable bonds is 2. The molecule has 1 aromatic heterocycles. The molecule has 3 aromatic rings. The van der Waals surface area contributed by atoms with Crippen LogP contribution >= 0.6 is 0 Å². The van der Waals surface area contributed by atoms with Crippen LogP contribution in [-0.4, -0.2) is 18.2 Å². The van der Waals surface area contributed by atoms with E-state index >= 15 is 0 Å². The Morgan fingerprint density at radius 2 is 1.57 bits per heavy atom. The molecule has 23 heavy (non-hydrogen) atoms. The molecule has 1 aliphatic carbocycles. The molecule has 0 N–H and O–H groups in total. The van der Waals surface area contributed by atoms with Gasteiger partial charge in [0, 0.05) is 23.9 Å². The lowest BCUT2D eigenvalue weighted by Gasteiger charge is -2.15. The first kappa shape index (κ1) is 14.2. The second-order valence-corrected chi connectivity index (χ2v) is 7.53. The van der Waals surface area contributed by atoms with E-state index in [0.717, 1.165) is 16.6 Å². The molecule has 4 rings (SSSR count). The summed E-state index contributed by atoms with van der Waals surface area (Å²) >= 11 is 0. The highest BCUT2D eigenvalue weighted by Crippen LogP contribution is 2.33. The minimum atomic E-state index is -3.68. The fourth-order valence-electron chi connectivity index (χ4n) is 3.29. The van der Waals surface area contributed by atoms with Crippen molar-refractivity contribution in [2.75, 3.05) is 0 Å². The van der Waals surface area contributed by atoms with Crippen molar-refractivity contribution in [3.63, 3.8) is 0 Å². The smallest absolute Gasteiger partial charge is 0.268 e. The van der Waals surface area contributed by atoms with Gasteiger partial charge in [0.1, 0.15) is 5.78 Å².